The van der Waals surface area contributed by atoms with E-state index in [1.807, 2.05) is 0 Å². The fourth-order valence-corrected chi connectivity index (χ4v) is 1.37. The van der Waals surface area contributed by atoms with Gasteiger partial charge in [-0.1, -0.05) is 0 Å². The highest BCUT2D eigenvalue weighted by molar-refractivity contribution is 5.88. The summed E-state index contributed by atoms with van der Waals surface area (Å²) in [5.74, 6) is -2.86. The van der Waals surface area contributed by atoms with Gasteiger partial charge in [0.15, 0.2) is 0 Å². The van der Waals surface area contributed by atoms with Crippen LogP contribution in [0.5, 0.6) is 0 Å². The molecule has 0 radical (unpaired) electrons. The van der Waals surface area contributed by atoms with Gasteiger partial charge in [0.25, 0.3) is 0 Å². The third kappa shape index (κ3) is 6.24. The second kappa shape index (κ2) is 7.19. The van der Waals surface area contributed by atoms with Crippen LogP contribution in [-0.2, 0) is 14.4 Å². The molecule has 0 aromatic heterocycles. The molecule has 9 heteroatoms. The Morgan fingerprint density at radius 2 is 1.42 bits per heavy atom. The van der Waals surface area contributed by atoms with Crippen molar-refractivity contribution < 1.29 is 24.3 Å². The van der Waals surface area contributed by atoms with E-state index in [1.54, 1.807) is 13.8 Å². The zero-order valence-electron chi connectivity index (χ0n) is 10.8. The van der Waals surface area contributed by atoms with Crippen LogP contribution in [0.3, 0.4) is 0 Å². The molecule has 0 aromatic carbocycles. The molecular formula is C10H18N4O5. The van der Waals surface area contributed by atoms with Gasteiger partial charge in [0.05, 0.1) is 0 Å². The van der Waals surface area contributed by atoms with Crippen molar-refractivity contribution in [2.45, 2.75) is 19.9 Å². The Balaban J connectivity index is 5.04. The topological polar surface area (TPSA) is 147 Å². The van der Waals surface area contributed by atoms with Gasteiger partial charge < -0.3 is 26.4 Å². The summed E-state index contributed by atoms with van der Waals surface area (Å²) in [6.07, 6.45) is 0. The first-order chi connectivity index (χ1) is 8.65. The van der Waals surface area contributed by atoms with Crippen molar-refractivity contribution in [1.82, 2.24) is 9.80 Å². The molecule has 0 aliphatic rings. The van der Waals surface area contributed by atoms with E-state index in [9.17, 15) is 19.2 Å². The monoisotopic (exact) mass is 274 g/mol. The van der Waals surface area contributed by atoms with Gasteiger partial charge in [-0.25, -0.2) is 4.79 Å². The van der Waals surface area contributed by atoms with Gasteiger partial charge >= 0.3 is 12.0 Å². The molecule has 0 heterocycles. The Hall–Kier alpha value is -2.32. The van der Waals surface area contributed by atoms with Crippen LogP contribution in [0.1, 0.15) is 13.8 Å². The molecule has 0 rings (SSSR count). The lowest BCUT2D eigenvalue weighted by atomic mass is 10.3. The Labute approximate surface area is 110 Å². The first-order valence-corrected chi connectivity index (χ1v) is 5.49. The molecule has 9 nitrogen and oxygen atoms in total. The fourth-order valence-electron chi connectivity index (χ4n) is 1.37. The highest BCUT2D eigenvalue weighted by Crippen LogP contribution is 2.04. The maximum absolute atomic E-state index is 12.1. The van der Waals surface area contributed by atoms with Crippen molar-refractivity contribution in [1.29, 1.82) is 0 Å². The number of rotatable bonds is 7. The standard InChI is InChI=1S/C10H18N4O5/c1-6(2)14(5-9(17)18)10(19)13(3-7(11)15)4-8(12)16/h6H,3-5H2,1-2H3,(H2,11,15)(H2,12,16)(H,17,18). The van der Waals surface area contributed by atoms with Crippen LogP contribution in [0, 0.1) is 0 Å². The number of primary amides is 2. The highest BCUT2D eigenvalue weighted by Gasteiger charge is 2.27. The molecule has 4 amide bonds. The molecule has 5 N–H and O–H groups in total. The molecule has 0 saturated heterocycles. The fraction of sp³-hybridized carbons (Fsp3) is 0.600. The average molecular weight is 274 g/mol. The van der Waals surface area contributed by atoms with Gasteiger partial charge in [0, 0.05) is 6.04 Å². The molecule has 0 aromatic rings. The van der Waals surface area contributed by atoms with Gasteiger partial charge in [-0.3, -0.25) is 14.4 Å². The maximum Gasteiger partial charge on any atom is 0.323 e. The van der Waals surface area contributed by atoms with Gasteiger partial charge in [-0.2, -0.15) is 0 Å². The third-order valence-corrected chi connectivity index (χ3v) is 2.14. The summed E-state index contributed by atoms with van der Waals surface area (Å²) in [5, 5.41) is 8.73. The molecule has 0 aliphatic carbocycles. The van der Waals surface area contributed by atoms with Gasteiger partial charge in [-0.05, 0) is 13.8 Å². The summed E-state index contributed by atoms with van der Waals surface area (Å²) in [6.45, 7) is 1.64. The number of aliphatic carboxylic acids is 1. The lowest BCUT2D eigenvalue weighted by Gasteiger charge is -2.30. The van der Waals surface area contributed by atoms with Crippen LogP contribution in [0.25, 0.3) is 0 Å². The molecule has 0 atom stereocenters. The SMILES string of the molecule is CC(C)N(CC(=O)O)C(=O)N(CC(N)=O)CC(N)=O. The van der Waals surface area contributed by atoms with Crippen molar-refractivity contribution >= 4 is 23.8 Å². The zero-order chi connectivity index (χ0) is 15.2. The van der Waals surface area contributed by atoms with E-state index < -0.39 is 49.5 Å². The van der Waals surface area contributed by atoms with Crippen molar-refractivity contribution in [3.63, 3.8) is 0 Å². The third-order valence-electron chi connectivity index (χ3n) is 2.14. The zero-order valence-corrected chi connectivity index (χ0v) is 10.8. The van der Waals surface area contributed by atoms with Crippen molar-refractivity contribution in [2.24, 2.45) is 11.5 Å². The molecule has 0 spiro atoms. The largest absolute Gasteiger partial charge is 0.480 e. The molecule has 19 heavy (non-hydrogen) atoms. The van der Waals surface area contributed by atoms with Crippen LogP contribution in [0.2, 0.25) is 0 Å². The first kappa shape index (κ1) is 16.7. The number of urea groups is 1. The summed E-state index contributed by atoms with van der Waals surface area (Å²) in [7, 11) is 0. The minimum atomic E-state index is -1.21. The molecule has 0 bridgehead atoms. The molecule has 0 saturated carbocycles. The Kier molecular flexibility index (Phi) is 6.31. The number of nitrogens with two attached hydrogens (primary N) is 2. The van der Waals surface area contributed by atoms with Crippen LogP contribution >= 0.6 is 0 Å². The lowest BCUT2D eigenvalue weighted by molar-refractivity contribution is -0.138. The number of hydrogen-bond donors (Lipinski definition) is 3. The summed E-state index contributed by atoms with van der Waals surface area (Å²) in [6, 6.07) is -1.21. The number of carbonyl (C=O) groups is 4. The second-order valence-corrected chi connectivity index (χ2v) is 4.19. The lowest BCUT2D eigenvalue weighted by Crippen LogP contribution is -2.52. The van der Waals surface area contributed by atoms with Gasteiger partial charge in [0.1, 0.15) is 19.6 Å². The summed E-state index contributed by atoms with van der Waals surface area (Å²) in [4.78, 5) is 46.3. The van der Waals surface area contributed by atoms with Crippen molar-refractivity contribution in [3.8, 4) is 0 Å². The molecule has 108 valence electrons. The normalized spacial score (nSPS) is 10.1. The van der Waals surface area contributed by atoms with Crippen LogP contribution < -0.4 is 11.5 Å². The number of carboxylic acid groups (broad SMARTS) is 1. The number of carbonyl (C=O) groups excluding carboxylic acids is 3. The van der Waals surface area contributed by atoms with E-state index in [4.69, 9.17) is 16.6 Å². The van der Waals surface area contributed by atoms with Gasteiger partial charge in [0.2, 0.25) is 11.8 Å². The van der Waals surface area contributed by atoms with E-state index in [-0.39, 0.29) is 0 Å². The number of carboxylic acids is 1. The maximum atomic E-state index is 12.1. The number of nitrogens with zero attached hydrogens (tertiary/aromatic N) is 2. The van der Waals surface area contributed by atoms with E-state index in [2.05, 4.69) is 0 Å². The molecule has 0 fully saturated rings. The second-order valence-electron chi connectivity index (χ2n) is 4.19. The van der Waals surface area contributed by atoms with Crippen molar-refractivity contribution in [2.75, 3.05) is 19.6 Å². The molecular weight excluding hydrogens is 256 g/mol. The Morgan fingerprint density at radius 1 is 1.00 bits per heavy atom. The van der Waals surface area contributed by atoms with E-state index in [1.165, 1.54) is 0 Å². The van der Waals surface area contributed by atoms with E-state index in [0.29, 0.717) is 0 Å². The van der Waals surface area contributed by atoms with Crippen LogP contribution in [0.15, 0.2) is 0 Å². The predicted molar refractivity (Wildman–Crippen MR) is 64.8 cm³/mol. The van der Waals surface area contributed by atoms with E-state index >= 15 is 0 Å². The smallest absolute Gasteiger partial charge is 0.323 e. The van der Waals surface area contributed by atoms with Crippen molar-refractivity contribution in [3.05, 3.63) is 0 Å². The first-order valence-electron chi connectivity index (χ1n) is 5.49. The minimum absolute atomic E-state index is 0.424. The van der Waals surface area contributed by atoms with Gasteiger partial charge in [-0.15, -0.1) is 0 Å². The predicted octanol–water partition coefficient (Wildman–Crippen LogP) is -1.83. The summed E-state index contributed by atoms with van der Waals surface area (Å²) >= 11 is 0. The number of hydrogen-bond acceptors (Lipinski definition) is 4. The quantitative estimate of drug-likeness (QED) is 0.499. The van der Waals surface area contributed by atoms with Crippen LogP contribution in [-0.4, -0.2) is 64.4 Å². The molecule has 0 aliphatic heterocycles. The Bertz CT molecular complexity index is 366. The average Bonchev–Trinajstić information content (AvgIpc) is 2.22. The Morgan fingerprint density at radius 3 is 1.68 bits per heavy atom. The minimum Gasteiger partial charge on any atom is -0.480 e. The molecule has 0 unspecified atom stereocenters. The van der Waals surface area contributed by atoms with Crippen LogP contribution in [0.4, 0.5) is 4.79 Å². The summed E-state index contributed by atoms with van der Waals surface area (Å²) in [5.41, 5.74) is 9.93. The highest BCUT2D eigenvalue weighted by atomic mass is 16.4. The van der Waals surface area contributed by atoms with E-state index in [0.717, 1.165) is 9.80 Å². The summed E-state index contributed by atoms with van der Waals surface area (Å²) < 4.78 is 0. The number of amides is 4.